The molecule has 102 valence electrons. The molecule has 0 unspecified atom stereocenters. The zero-order chi connectivity index (χ0) is 13.8. The molecule has 0 saturated heterocycles. The lowest BCUT2D eigenvalue weighted by atomic mass is 10.1. The SMILES string of the molecule is O=C(NCCCc1ncn[nH]1)c1c[nH]c2ccccc12. The molecule has 0 bridgehead atoms. The van der Waals surface area contributed by atoms with Gasteiger partial charge in [0.05, 0.1) is 5.56 Å². The van der Waals surface area contributed by atoms with Crippen molar-refractivity contribution in [3.63, 3.8) is 0 Å². The molecule has 20 heavy (non-hydrogen) atoms. The van der Waals surface area contributed by atoms with Gasteiger partial charge in [0.2, 0.25) is 0 Å². The number of fused-ring (bicyclic) bond motifs is 1. The Bertz CT molecular complexity index is 701. The number of aryl methyl sites for hydroxylation is 1. The summed E-state index contributed by atoms with van der Waals surface area (Å²) in [5.74, 6) is 0.784. The molecular formula is C14H15N5O. The first kappa shape index (κ1) is 12.4. The number of para-hydroxylation sites is 1. The van der Waals surface area contributed by atoms with Crippen molar-refractivity contribution in [2.75, 3.05) is 6.54 Å². The quantitative estimate of drug-likeness (QED) is 0.615. The Morgan fingerprint density at radius 3 is 3.05 bits per heavy atom. The van der Waals surface area contributed by atoms with E-state index in [0.29, 0.717) is 12.1 Å². The lowest BCUT2D eigenvalue weighted by molar-refractivity contribution is 0.0955. The fourth-order valence-corrected chi connectivity index (χ4v) is 2.16. The molecule has 3 aromatic rings. The van der Waals surface area contributed by atoms with Crippen LogP contribution in [0.4, 0.5) is 0 Å². The fraction of sp³-hybridized carbons (Fsp3) is 0.214. The number of aromatic amines is 2. The molecule has 3 N–H and O–H groups in total. The van der Waals surface area contributed by atoms with Crippen molar-refractivity contribution in [3.05, 3.63) is 48.2 Å². The number of carbonyl (C=O) groups is 1. The molecule has 0 radical (unpaired) electrons. The summed E-state index contributed by atoms with van der Waals surface area (Å²) in [6.45, 7) is 0.610. The minimum absolute atomic E-state index is 0.0555. The number of rotatable bonds is 5. The van der Waals surface area contributed by atoms with E-state index in [1.54, 1.807) is 6.20 Å². The van der Waals surface area contributed by atoms with Crippen LogP contribution in [0.2, 0.25) is 0 Å². The van der Waals surface area contributed by atoms with Gasteiger partial charge in [-0.05, 0) is 12.5 Å². The smallest absolute Gasteiger partial charge is 0.253 e. The number of carbonyl (C=O) groups excluding carboxylic acids is 1. The third-order valence-corrected chi connectivity index (χ3v) is 3.17. The van der Waals surface area contributed by atoms with Crippen molar-refractivity contribution in [1.29, 1.82) is 0 Å². The first-order valence-electron chi connectivity index (χ1n) is 6.53. The number of benzene rings is 1. The third-order valence-electron chi connectivity index (χ3n) is 3.17. The van der Waals surface area contributed by atoms with E-state index in [9.17, 15) is 4.79 Å². The van der Waals surface area contributed by atoms with Crippen molar-refractivity contribution in [3.8, 4) is 0 Å². The number of nitrogens with one attached hydrogen (secondary N) is 3. The van der Waals surface area contributed by atoms with Crippen molar-refractivity contribution in [2.24, 2.45) is 0 Å². The number of H-pyrrole nitrogens is 2. The maximum absolute atomic E-state index is 12.1. The highest BCUT2D eigenvalue weighted by Gasteiger charge is 2.10. The van der Waals surface area contributed by atoms with E-state index in [1.165, 1.54) is 6.33 Å². The minimum atomic E-state index is -0.0555. The molecule has 6 nitrogen and oxygen atoms in total. The van der Waals surface area contributed by atoms with Gasteiger partial charge in [-0.3, -0.25) is 9.89 Å². The lowest BCUT2D eigenvalue weighted by Crippen LogP contribution is -2.24. The van der Waals surface area contributed by atoms with Crippen LogP contribution >= 0.6 is 0 Å². The van der Waals surface area contributed by atoms with E-state index in [4.69, 9.17) is 0 Å². The fourth-order valence-electron chi connectivity index (χ4n) is 2.16. The van der Waals surface area contributed by atoms with Crippen LogP contribution in [-0.4, -0.2) is 32.6 Å². The normalized spacial score (nSPS) is 10.8. The molecule has 0 spiro atoms. The number of hydrogen-bond acceptors (Lipinski definition) is 3. The average Bonchev–Trinajstić information content (AvgIpc) is 3.12. The summed E-state index contributed by atoms with van der Waals surface area (Å²) in [6, 6.07) is 7.76. The van der Waals surface area contributed by atoms with Gasteiger partial charge in [0.15, 0.2) is 0 Å². The van der Waals surface area contributed by atoms with E-state index in [-0.39, 0.29) is 5.91 Å². The average molecular weight is 269 g/mol. The summed E-state index contributed by atoms with van der Waals surface area (Å²) in [6.07, 6.45) is 4.83. The van der Waals surface area contributed by atoms with Gasteiger partial charge in [0.1, 0.15) is 12.2 Å². The standard InChI is InChI=1S/C14H15N5O/c20-14(15-7-3-6-13-17-9-18-19-13)11-8-16-12-5-2-1-4-10(11)12/h1-2,4-5,8-9,16H,3,6-7H2,(H,15,20)(H,17,18,19). The Kier molecular flexibility index (Phi) is 3.45. The number of aromatic nitrogens is 4. The second-order valence-corrected chi connectivity index (χ2v) is 4.54. The molecule has 0 aliphatic carbocycles. The summed E-state index contributed by atoms with van der Waals surface area (Å²) in [4.78, 5) is 19.3. The molecule has 2 aromatic heterocycles. The van der Waals surface area contributed by atoms with Gasteiger partial charge in [-0.15, -0.1) is 0 Å². The predicted molar refractivity (Wildman–Crippen MR) is 75.3 cm³/mol. The van der Waals surface area contributed by atoms with E-state index in [1.807, 2.05) is 24.3 Å². The highest BCUT2D eigenvalue weighted by Crippen LogP contribution is 2.17. The molecule has 0 aliphatic rings. The monoisotopic (exact) mass is 269 g/mol. The van der Waals surface area contributed by atoms with Crippen LogP contribution in [0.15, 0.2) is 36.8 Å². The van der Waals surface area contributed by atoms with Crippen LogP contribution in [0.25, 0.3) is 10.9 Å². The summed E-state index contributed by atoms with van der Waals surface area (Å²) in [7, 11) is 0. The molecule has 1 amide bonds. The number of hydrogen-bond donors (Lipinski definition) is 3. The molecule has 2 heterocycles. The van der Waals surface area contributed by atoms with Gasteiger partial charge >= 0.3 is 0 Å². The predicted octanol–water partition coefficient (Wildman–Crippen LogP) is 1.65. The largest absolute Gasteiger partial charge is 0.360 e. The summed E-state index contributed by atoms with van der Waals surface area (Å²) < 4.78 is 0. The molecular weight excluding hydrogens is 254 g/mol. The zero-order valence-electron chi connectivity index (χ0n) is 10.9. The Balaban J connectivity index is 1.56. The van der Waals surface area contributed by atoms with Gasteiger partial charge in [-0.1, -0.05) is 18.2 Å². The van der Waals surface area contributed by atoms with Crippen LogP contribution in [0.5, 0.6) is 0 Å². The maximum Gasteiger partial charge on any atom is 0.253 e. The highest BCUT2D eigenvalue weighted by atomic mass is 16.1. The van der Waals surface area contributed by atoms with Crippen LogP contribution in [0.1, 0.15) is 22.6 Å². The van der Waals surface area contributed by atoms with Crippen molar-refractivity contribution in [2.45, 2.75) is 12.8 Å². The van der Waals surface area contributed by atoms with E-state index >= 15 is 0 Å². The van der Waals surface area contributed by atoms with Gasteiger partial charge in [0.25, 0.3) is 5.91 Å². The van der Waals surface area contributed by atoms with E-state index < -0.39 is 0 Å². The van der Waals surface area contributed by atoms with Crippen molar-refractivity contribution in [1.82, 2.24) is 25.5 Å². The van der Waals surface area contributed by atoms with Gasteiger partial charge in [0, 0.05) is 30.1 Å². The first-order chi connectivity index (χ1) is 9.84. The van der Waals surface area contributed by atoms with Crippen LogP contribution < -0.4 is 5.32 Å². The Morgan fingerprint density at radius 2 is 2.20 bits per heavy atom. The van der Waals surface area contributed by atoms with Crippen molar-refractivity contribution >= 4 is 16.8 Å². The molecule has 0 saturated carbocycles. The van der Waals surface area contributed by atoms with Crippen LogP contribution in [0.3, 0.4) is 0 Å². The third kappa shape index (κ3) is 2.54. The molecule has 1 aromatic carbocycles. The number of nitrogens with zero attached hydrogens (tertiary/aromatic N) is 2. The molecule has 0 aliphatic heterocycles. The van der Waals surface area contributed by atoms with Gasteiger partial charge < -0.3 is 10.3 Å². The molecule has 0 atom stereocenters. The summed E-state index contributed by atoms with van der Waals surface area (Å²) in [5.41, 5.74) is 1.65. The Hall–Kier alpha value is -2.63. The number of amides is 1. The van der Waals surface area contributed by atoms with Gasteiger partial charge in [-0.2, -0.15) is 5.10 Å². The Labute approximate surface area is 115 Å². The molecule has 6 heteroatoms. The van der Waals surface area contributed by atoms with E-state index in [2.05, 4.69) is 25.5 Å². The second kappa shape index (κ2) is 5.56. The second-order valence-electron chi connectivity index (χ2n) is 4.54. The van der Waals surface area contributed by atoms with Crippen molar-refractivity contribution < 1.29 is 4.79 Å². The summed E-state index contributed by atoms with van der Waals surface area (Å²) >= 11 is 0. The Morgan fingerprint density at radius 1 is 1.30 bits per heavy atom. The highest BCUT2D eigenvalue weighted by molar-refractivity contribution is 6.06. The van der Waals surface area contributed by atoms with Crippen LogP contribution in [0, 0.1) is 0 Å². The minimum Gasteiger partial charge on any atom is -0.360 e. The lowest BCUT2D eigenvalue weighted by Gasteiger charge is -2.03. The van der Waals surface area contributed by atoms with E-state index in [0.717, 1.165) is 29.6 Å². The van der Waals surface area contributed by atoms with Gasteiger partial charge in [-0.25, -0.2) is 4.98 Å². The topological polar surface area (TPSA) is 86.5 Å². The first-order valence-corrected chi connectivity index (χ1v) is 6.53. The maximum atomic E-state index is 12.1. The summed E-state index contributed by atoms with van der Waals surface area (Å²) in [5, 5.41) is 10.4. The zero-order valence-corrected chi connectivity index (χ0v) is 10.9. The molecule has 0 fully saturated rings. The van der Waals surface area contributed by atoms with Crippen LogP contribution in [-0.2, 0) is 6.42 Å². The molecule has 3 rings (SSSR count).